The molecule has 5 rings (SSSR count). The lowest BCUT2D eigenvalue weighted by Crippen LogP contribution is -2.31. The Bertz CT molecular complexity index is 1110. The predicted molar refractivity (Wildman–Crippen MR) is 94.5 cm³/mol. The molecular formula is C18H17N3O4S. The van der Waals surface area contributed by atoms with Gasteiger partial charge in [-0.2, -0.15) is 4.31 Å². The molecule has 3 aromatic rings. The highest BCUT2D eigenvalue weighted by molar-refractivity contribution is 7.89. The summed E-state index contributed by atoms with van der Waals surface area (Å²) in [5.74, 6) is 1.81. The molecule has 2 aliphatic heterocycles. The van der Waals surface area contributed by atoms with Crippen LogP contribution in [0.5, 0.6) is 11.5 Å². The Morgan fingerprint density at radius 2 is 1.85 bits per heavy atom. The summed E-state index contributed by atoms with van der Waals surface area (Å²) in [5, 5.41) is 0. The second kappa shape index (κ2) is 5.72. The van der Waals surface area contributed by atoms with Crippen molar-refractivity contribution in [1.82, 2.24) is 13.9 Å². The van der Waals surface area contributed by atoms with Crippen molar-refractivity contribution in [2.24, 2.45) is 0 Å². The molecule has 0 bridgehead atoms. The number of para-hydroxylation sites is 2. The second-order valence-corrected chi connectivity index (χ2v) is 8.31. The average molecular weight is 371 g/mol. The van der Waals surface area contributed by atoms with Gasteiger partial charge in [0.2, 0.25) is 16.8 Å². The molecule has 0 N–H and O–H groups in total. The van der Waals surface area contributed by atoms with Crippen molar-refractivity contribution in [2.45, 2.75) is 24.4 Å². The molecule has 8 heteroatoms. The van der Waals surface area contributed by atoms with Crippen LogP contribution in [0.25, 0.3) is 11.0 Å². The summed E-state index contributed by atoms with van der Waals surface area (Å²) in [5.41, 5.74) is 1.94. The fourth-order valence-corrected chi connectivity index (χ4v) is 4.98. The quantitative estimate of drug-likeness (QED) is 0.691. The van der Waals surface area contributed by atoms with Gasteiger partial charge in [0.25, 0.3) is 0 Å². The molecule has 3 heterocycles. The number of benzene rings is 2. The van der Waals surface area contributed by atoms with Crippen LogP contribution in [-0.2, 0) is 23.1 Å². The van der Waals surface area contributed by atoms with E-state index in [9.17, 15) is 8.42 Å². The highest BCUT2D eigenvalue weighted by Crippen LogP contribution is 2.35. The number of fused-ring (bicyclic) bond motifs is 4. The number of aryl methyl sites for hydroxylation is 1. The summed E-state index contributed by atoms with van der Waals surface area (Å²) in [6, 6.07) is 12.6. The third-order valence-corrected chi connectivity index (χ3v) is 6.66. The van der Waals surface area contributed by atoms with Gasteiger partial charge in [-0.15, -0.1) is 0 Å². The highest BCUT2D eigenvalue weighted by atomic mass is 32.2. The van der Waals surface area contributed by atoms with Gasteiger partial charge in [0.1, 0.15) is 5.82 Å². The first-order chi connectivity index (χ1) is 12.6. The monoisotopic (exact) mass is 371 g/mol. The van der Waals surface area contributed by atoms with Crippen LogP contribution in [0.1, 0.15) is 12.2 Å². The third kappa shape index (κ3) is 2.37. The van der Waals surface area contributed by atoms with E-state index < -0.39 is 10.0 Å². The molecular weight excluding hydrogens is 354 g/mol. The zero-order chi connectivity index (χ0) is 17.7. The van der Waals surface area contributed by atoms with E-state index in [2.05, 4.69) is 9.55 Å². The van der Waals surface area contributed by atoms with E-state index in [0.29, 0.717) is 18.0 Å². The van der Waals surface area contributed by atoms with Gasteiger partial charge >= 0.3 is 0 Å². The predicted octanol–water partition coefficient (Wildman–Crippen LogP) is 2.36. The summed E-state index contributed by atoms with van der Waals surface area (Å²) in [6.07, 6.45) is 0.733. The van der Waals surface area contributed by atoms with Crippen LogP contribution in [-0.4, -0.2) is 35.6 Å². The molecule has 0 amide bonds. The van der Waals surface area contributed by atoms with Gasteiger partial charge in [-0.25, -0.2) is 13.4 Å². The maximum atomic E-state index is 13.2. The number of nitrogens with zero attached hydrogens (tertiary/aromatic N) is 3. The van der Waals surface area contributed by atoms with E-state index >= 15 is 0 Å². The topological polar surface area (TPSA) is 73.7 Å². The largest absolute Gasteiger partial charge is 0.454 e. The van der Waals surface area contributed by atoms with Gasteiger partial charge in [0.05, 0.1) is 22.5 Å². The minimum absolute atomic E-state index is 0.118. The third-order valence-electron chi connectivity index (χ3n) is 4.82. The Labute approximate surface area is 150 Å². The first-order valence-electron chi connectivity index (χ1n) is 8.47. The molecule has 0 atom stereocenters. The number of imidazole rings is 1. The molecule has 2 aromatic carbocycles. The number of sulfonamides is 1. The van der Waals surface area contributed by atoms with Gasteiger partial charge in [-0.1, -0.05) is 12.1 Å². The van der Waals surface area contributed by atoms with Crippen LogP contribution in [0.15, 0.2) is 47.4 Å². The fourth-order valence-electron chi connectivity index (χ4n) is 3.53. The molecule has 0 saturated carbocycles. The number of ether oxygens (including phenoxy) is 2. The number of rotatable bonds is 2. The summed E-state index contributed by atoms with van der Waals surface area (Å²) >= 11 is 0. The molecule has 26 heavy (non-hydrogen) atoms. The summed E-state index contributed by atoms with van der Waals surface area (Å²) in [6.45, 7) is 1.58. The highest BCUT2D eigenvalue weighted by Gasteiger charge is 2.30. The first kappa shape index (κ1) is 15.7. The van der Waals surface area contributed by atoms with Crippen LogP contribution in [0.4, 0.5) is 0 Å². The van der Waals surface area contributed by atoms with Gasteiger partial charge in [-0.05, 0) is 30.7 Å². The summed E-state index contributed by atoms with van der Waals surface area (Å²) in [7, 11) is -3.64. The van der Waals surface area contributed by atoms with Crippen molar-refractivity contribution in [1.29, 1.82) is 0 Å². The molecule has 0 fully saturated rings. The van der Waals surface area contributed by atoms with Crippen LogP contribution in [0.2, 0.25) is 0 Å². The minimum Gasteiger partial charge on any atom is -0.454 e. The van der Waals surface area contributed by atoms with E-state index in [1.165, 1.54) is 10.4 Å². The fraction of sp³-hybridized carbons (Fsp3) is 0.278. The Kier molecular flexibility index (Phi) is 3.44. The number of hydrogen-bond acceptors (Lipinski definition) is 5. The van der Waals surface area contributed by atoms with E-state index in [-0.39, 0.29) is 18.2 Å². The Morgan fingerprint density at radius 1 is 1.00 bits per heavy atom. The number of aromatic nitrogens is 2. The summed E-state index contributed by atoms with van der Waals surface area (Å²) in [4.78, 5) is 4.85. The molecule has 0 radical (unpaired) electrons. The zero-order valence-electron chi connectivity index (χ0n) is 14.0. The van der Waals surface area contributed by atoms with Crippen LogP contribution >= 0.6 is 0 Å². The van der Waals surface area contributed by atoms with Gasteiger partial charge < -0.3 is 14.0 Å². The van der Waals surface area contributed by atoms with Crippen molar-refractivity contribution in [3.8, 4) is 11.5 Å². The van der Waals surface area contributed by atoms with Crippen molar-refractivity contribution in [3.05, 3.63) is 48.3 Å². The van der Waals surface area contributed by atoms with E-state index in [1.54, 1.807) is 12.1 Å². The number of hydrogen-bond donors (Lipinski definition) is 0. The molecule has 7 nitrogen and oxygen atoms in total. The molecule has 1 aromatic heterocycles. The van der Waals surface area contributed by atoms with Crippen molar-refractivity contribution in [2.75, 3.05) is 13.3 Å². The van der Waals surface area contributed by atoms with Gasteiger partial charge in [0, 0.05) is 19.2 Å². The molecule has 2 aliphatic rings. The molecule has 0 unspecified atom stereocenters. The van der Waals surface area contributed by atoms with Crippen molar-refractivity contribution < 1.29 is 17.9 Å². The zero-order valence-corrected chi connectivity index (χ0v) is 14.8. The molecule has 0 spiro atoms. The van der Waals surface area contributed by atoms with E-state index in [1.807, 2.05) is 24.3 Å². The smallest absolute Gasteiger partial charge is 0.243 e. The van der Waals surface area contributed by atoms with Crippen molar-refractivity contribution in [3.63, 3.8) is 0 Å². The van der Waals surface area contributed by atoms with Crippen LogP contribution in [0, 0.1) is 0 Å². The Morgan fingerprint density at radius 3 is 2.77 bits per heavy atom. The van der Waals surface area contributed by atoms with Crippen LogP contribution in [0.3, 0.4) is 0 Å². The van der Waals surface area contributed by atoms with E-state index in [0.717, 1.165) is 29.8 Å². The second-order valence-electron chi connectivity index (χ2n) is 6.38. The standard InChI is InChI=1S/C18H17N3O4S/c22-26(23,13-6-7-16-17(10-13)25-12-24-16)20-8-3-9-21-15-5-2-1-4-14(15)19-18(21)11-20/h1-2,4-7,10H,3,8-9,11-12H2. The first-order valence-corrected chi connectivity index (χ1v) is 9.91. The van der Waals surface area contributed by atoms with Crippen molar-refractivity contribution >= 4 is 21.1 Å². The SMILES string of the molecule is O=S(=O)(c1ccc2c(c1)OCO2)N1CCCn2c(nc3ccccc32)C1. The molecule has 0 saturated heterocycles. The van der Waals surface area contributed by atoms with Gasteiger partial charge in [-0.3, -0.25) is 0 Å². The lowest BCUT2D eigenvalue weighted by Gasteiger charge is -2.19. The van der Waals surface area contributed by atoms with Crippen LogP contribution < -0.4 is 9.47 Å². The van der Waals surface area contributed by atoms with Gasteiger partial charge in [0.15, 0.2) is 11.5 Å². The van der Waals surface area contributed by atoms with E-state index in [4.69, 9.17) is 9.47 Å². The lowest BCUT2D eigenvalue weighted by atomic mass is 10.3. The molecule has 0 aliphatic carbocycles. The normalized spacial score (nSPS) is 17.2. The maximum Gasteiger partial charge on any atom is 0.243 e. The lowest BCUT2D eigenvalue weighted by molar-refractivity contribution is 0.174. The average Bonchev–Trinajstić information content (AvgIpc) is 3.19. The Balaban J connectivity index is 1.53. The summed E-state index contributed by atoms with van der Waals surface area (Å²) < 4.78 is 40.5. The maximum absolute atomic E-state index is 13.2. The minimum atomic E-state index is -3.64. The Hall–Kier alpha value is -2.58. The molecule has 134 valence electrons.